The number of hydrogen-bond acceptors (Lipinski definition) is 5. The molecule has 3 N–H and O–H groups in total. The summed E-state index contributed by atoms with van der Waals surface area (Å²) >= 11 is -2.64. The second-order valence-corrected chi connectivity index (χ2v) is 9.43. The molecule has 0 amide bonds. The second kappa shape index (κ2) is 8.53. The van der Waals surface area contributed by atoms with E-state index in [1.807, 2.05) is 4.90 Å². The number of fused-ring (bicyclic) bond motifs is 3. The van der Waals surface area contributed by atoms with Gasteiger partial charge in [-0.1, -0.05) is 18.2 Å². The van der Waals surface area contributed by atoms with Crippen molar-refractivity contribution < 1.29 is 32.9 Å². The molecule has 0 spiro atoms. The van der Waals surface area contributed by atoms with E-state index >= 15 is 0 Å². The summed E-state index contributed by atoms with van der Waals surface area (Å²) in [5, 5.41) is 19.4. The molecule has 8 nitrogen and oxygen atoms in total. The number of carbonyl (C=O) groups is 1. The van der Waals surface area contributed by atoms with Crippen LogP contribution in [0.5, 0.6) is 5.75 Å². The van der Waals surface area contributed by atoms with Gasteiger partial charge in [0, 0.05) is 31.1 Å². The number of β-amino-alcohol motifs (C(OH)–C–C–N with tert-alkyl or cyclic N) is 1. The molecule has 2 heterocycles. The Kier molecular flexibility index (Phi) is 5.69. The molecule has 2 fully saturated rings. The van der Waals surface area contributed by atoms with E-state index in [9.17, 15) is 28.2 Å². The molecule has 10 heteroatoms. The van der Waals surface area contributed by atoms with Crippen molar-refractivity contribution in [3.05, 3.63) is 58.9 Å². The molecule has 174 valence electrons. The number of likely N-dealkylation sites (tertiary alicyclic amines) is 1. The van der Waals surface area contributed by atoms with Crippen LogP contribution in [0.2, 0.25) is 0 Å². The molecular formula is C23H23FN2O6S. The molecule has 3 aliphatic rings. The molecule has 33 heavy (non-hydrogen) atoms. The standard InChI is InChI=1S/C23H23FN2O6S/c24-15-3-5-19(13(8-15)2-1-7-25-10-16(27)11-25)26(33(30)31)20-6-4-17-18-9-14(18)12-32-22(17)21(20)23(28)29/h1-6,8,14,16,18,27H,7,9-12H2,(H,28,29)(H,30,31). The largest absolute Gasteiger partial charge is 0.492 e. The second-order valence-electron chi connectivity index (χ2n) is 8.60. The van der Waals surface area contributed by atoms with Crippen molar-refractivity contribution >= 4 is 34.7 Å². The number of aromatic carboxylic acids is 1. The quantitative estimate of drug-likeness (QED) is 0.529. The molecule has 2 aromatic carbocycles. The summed E-state index contributed by atoms with van der Waals surface area (Å²) < 4.78 is 43.4. The summed E-state index contributed by atoms with van der Waals surface area (Å²) in [7, 11) is 0. The van der Waals surface area contributed by atoms with Gasteiger partial charge in [-0.15, -0.1) is 0 Å². The van der Waals surface area contributed by atoms with Gasteiger partial charge in [0.15, 0.2) is 0 Å². The van der Waals surface area contributed by atoms with E-state index in [4.69, 9.17) is 4.74 Å². The number of aliphatic hydroxyl groups is 1. The van der Waals surface area contributed by atoms with Gasteiger partial charge in [0.25, 0.3) is 11.3 Å². The first kappa shape index (κ1) is 22.0. The third-order valence-corrected chi connectivity index (χ3v) is 7.03. The van der Waals surface area contributed by atoms with Gasteiger partial charge >= 0.3 is 5.97 Å². The van der Waals surface area contributed by atoms with Gasteiger partial charge in [-0.25, -0.2) is 17.7 Å². The molecule has 3 unspecified atom stereocenters. The van der Waals surface area contributed by atoms with Gasteiger partial charge in [0.1, 0.15) is 17.1 Å². The number of aliphatic hydroxyl groups excluding tert-OH is 1. The SMILES string of the molecule is O=C(O)c1c(N(c2ccc(F)cc2C=CCN2CC(O)C2)S(=O)O)ccc2c1OCC1CC21. The summed E-state index contributed by atoms with van der Waals surface area (Å²) in [6.07, 6.45) is 3.97. The number of ether oxygens (including phenoxy) is 1. The van der Waals surface area contributed by atoms with Crippen LogP contribution < -0.4 is 9.04 Å². The van der Waals surface area contributed by atoms with Crippen LogP contribution >= 0.6 is 0 Å². The fourth-order valence-corrected chi connectivity index (χ4v) is 5.23. The first-order valence-electron chi connectivity index (χ1n) is 10.6. The fourth-order valence-electron chi connectivity index (χ4n) is 4.58. The maximum Gasteiger partial charge on any atom is 0.341 e. The zero-order valence-corrected chi connectivity index (χ0v) is 18.4. The molecule has 0 bridgehead atoms. The molecule has 3 atom stereocenters. The average molecular weight is 475 g/mol. The van der Waals surface area contributed by atoms with Crippen molar-refractivity contribution in [1.82, 2.24) is 4.90 Å². The van der Waals surface area contributed by atoms with Crippen LogP contribution in [-0.2, 0) is 11.3 Å². The molecule has 2 aliphatic heterocycles. The van der Waals surface area contributed by atoms with Crippen molar-refractivity contribution in [2.75, 3.05) is 30.5 Å². The van der Waals surface area contributed by atoms with E-state index in [-0.39, 0.29) is 34.7 Å². The van der Waals surface area contributed by atoms with E-state index in [0.29, 0.717) is 37.7 Å². The van der Waals surface area contributed by atoms with Crippen molar-refractivity contribution in [1.29, 1.82) is 0 Å². The van der Waals surface area contributed by atoms with Crippen molar-refractivity contribution in [2.45, 2.75) is 18.4 Å². The number of carboxylic acid groups (broad SMARTS) is 1. The number of anilines is 2. The van der Waals surface area contributed by atoms with Gasteiger partial charge in [-0.2, -0.15) is 0 Å². The Morgan fingerprint density at radius 3 is 2.73 bits per heavy atom. The first-order chi connectivity index (χ1) is 15.8. The van der Waals surface area contributed by atoms with Gasteiger partial charge in [0.05, 0.1) is 24.1 Å². The highest BCUT2D eigenvalue weighted by molar-refractivity contribution is 7.81. The van der Waals surface area contributed by atoms with E-state index in [1.54, 1.807) is 18.2 Å². The van der Waals surface area contributed by atoms with Crippen molar-refractivity contribution in [3.63, 3.8) is 0 Å². The number of rotatable bonds is 7. The Morgan fingerprint density at radius 2 is 2.03 bits per heavy atom. The highest BCUT2D eigenvalue weighted by Gasteiger charge is 2.46. The number of benzene rings is 2. The molecule has 5 rings (SSSR count). The topological polar surface area (TPSA) is 111 Å². The third-order valence-electron chi connectivity index (χ3n) is 6.33. The van der Waals surface area contributed by atoms with E-state index < -0.39 is 23.1 Å². The highest BCUT2D eigenvalue weighted by atomic mass is 32.2. The summed E-state index contributed by atoms with van der Waals surface area (Å²) in [5.74, 6) is -0.946. The Balaban J connectivity index is 1.56. The minimum atomic E-state index is -2.64. The zero-order chi connectivity index (χ0) is 23.3. The van der Waals surface area contributed by atoms with Crippen LogP contribution in [0, 0.1) is 11.7 Å². The summed E-state index contributed by atoms with van der Waals surface area (Å²) in [5.41, 5.74) is 1.10. The van der Waals surface area contributed by atoms with Crippen LogP contribution in [0.4, 0.5) is 15.8 Å². The smallest absolute Gasteiger partial charge is 0.341 e. The molecule has 1 saturated heterocycles. The maximum absolute atomic E-state index is 14.1. The van der Waals surface area contributed by atoms with Crippen LogP contribution in [0.15, 0.2) is 36.4 Å². The Hall–Kier alpha value is -2.79. The van der Waals surface area contributed by atoms with Crippen LogP contribution in [0.1, 0.15) is 33.8 Å². The number of halogens is 1. The first-order valence-corrected chi connectivity index (χ1v) is 11.7. The average Bonchev–Trinajstić information content (AvgIpc) is 3.53. The van der Waals surface area contributed by atoms with Gasteiger partial charge in [-0.05, 0) is 42.2 Å². The lowest BCUT2D eigenvalue weighted by atomic mass is 9.99. The molecule has 0 aromatic heterocycles. The van der Waals surface area contributed by atoms with Crippen molar-refractivity contribution in [2.24, 2.45) is 5.92 Å². The summed E-state index contributed by atoms with van der Waals surface area (Å²) in [6.45, 7) is 2.03. The van der Waals surface area contributed by atoms with E-state index in [0.717, 1.165) is 22.4 Å². The molecular weight excluding hydrogens is 451 g/mol. The number of carboxylic acids is 1. The molecule has 0 radical (unpaired) electrons. The molecule has 1 aliphatic carbocycles. The Labute approximate surface area is 192 Å². The van der Waals surface area contributed by atoms with E-state index in [2.05, 4.69) is 0 Å². The third kappa shape index (κ3) is 4.15. The van der Waals surface area contributed by atoms with Crippen molar-refractivity contribution in [3.8, 4) is 5.75 Å². The summed E-state index contributed by atoms with van der Waals surface area (Å²) in [6, 6.07) is 6.98. The summed E-state index contributed by atoms with van der Waals surface area (Å²) in [4.78, 5) is 14.2. The molecule has 1 saturated carbocycles. The Morgan fingerprint density at radius 1 is 1.27 bits per heavy atom. The number of nitrogens with zero attached hydrogens (tertiary/aromatic N) is 2. The van der Waals surface area contributed by atoms with Crippen LogP contribution in [0.25, 0.3) is 6.08 Å². The lowest BCUT2D eigenvalue weighted by Gasteiger charge is -2.34. The van der Waals surface area contributed by atoms with Crippen LogP contribution in [-0.4, -0.2) is 62.2 Å². The normalized spacial score (nSPS) is 22.8. The number of hydrogen-bond donors (Lipinski definition) is 3. The predicted molar refractivity (Wildman–Crippen MR) is 121 cm³/mol. The lowest BCUT2D eigenvalue weighted by Crippen LogP contribution is -2.50. The van der Waals surface area contributed by atoms with Gasteiger partial charge in [0.2, 0.25) is 0 Å². The zero-order valence-electron chi connectivity index (χ0n) is 17.6. The highest BCUT2D eigenvalue weighted by Crippen LogP contribution is 2.56. The van der Waals surface area contributed by atoms with Gasteiger partial charge < -0.3 is 14.9 Å². The molecule has 2 aromatic rings. The lowest BCUT2D eigenvalue weighted by molar-refractivity contribution is 0.00991. The fraction of sp³-hybridized carbons (Fsp3) is 0.348. The monoisotopic (exact) mass is 474 g/mol. The van der Waals surface area contributed by atoms with Gasteiger partial charge in [-0.3, -0.25) is 9.45 Å². The Bertz CT molecular complexity index is 1170. The minimum Gasteiger partial charge on any atom is -0.492 e. The van der Waals surface area contributed by atoms with Crippen LogP contribution in [0.3, 0.4) is 0 Å². The van der Waals surface area contributed by atoms with E-state index in [1.165, 1.54) is 18.2 Å². The minimum absolute atomic E-state index is 0.00620. The predicted octanol–water partition coefficient (Wildman–Crippen LogP) is 2.98. The maximum atomic E-state index is 14.1.